The smallest absolute Gasteiger partial charge is 0.300 e. The van der Waals surface area contributed by atoms with E-state index in [2.05, 4.69) is 14.9 Å². The third-order valence-corrected chi connectivity index (χ3v) is 2.71. The van der Waals surface area contributed by atoms with Gasteiger partial charge in [0.25, 0.3) is 6.01 Å². The van der Waals surface area contributed by atoms with Crippen molar-refractivity contribution in [2.24, 2.45) is 0 Å². The maximum atomic E-state index is 5.65. The van der Waals surface area contributed by atoms with Crippen LogP contribution in [0.15, 0.2) is 16.5 Å². The van der Waals surface area contributed by atoms with Gasteiger partial charge >= 0.3 is 0 Å². The van der Waals surface area contributed by atoms with Crippen LogP contribution in [0.5, 0.6) is 5.88 Å². The number of ether oxygens (including phenoxy) is 2. The van der Waals surface area contributed by atoms with Gasteiger partial charge in [0.1, 0.15) is 0 Å². The number of nitrogens with zero attached hydrogens (tertiary/aromatic N) is 3. The van der Waals surface area contributed by atoms with E-state index < -0.39 is 0 Å². The zero-order valence-electron chi connectivity index (χ0n) is 9.55. The lowest BCUT2D eigenvalue weighted by Crippen LogP contribution is -2.36. The molecule has 6 heteroatoms. The molecule has 0 unspecified atom stereocenters. The van der Waals surface area contributed by atoms with Gasteiger partial charge in [-0.1, -0.05) is 0 Å². The van der Waals surface area contributed by atoms with Gasteiger partial charge in [-0.05, 0) is 6.07 Å². The first-order chi connectivity index (χ1) is 8.36. The summed E-state index contributed by atoms with van der Waals surface area (Å²) < 4.78 is 16.0. The Hall–Kier alpha value is -1.82. The van der Waals surface area contributed by atoms with Crippen LogP contribution >= 0.6 is 0 Å². The molecule has 17 heavy (non-hydrogen) atoms. The van der Waals surface area contributed by atoms with Gasteiger partial charge in [0.15, 0.2) is 5.58 Å². The molecule has 0 aromatic carbocycles. The molecule has 2 aromatic rings. The Labute approximate surface area is 98.2 Å². The lowest BCUT2D eigenvalue weighted by atomic mass is 10.4. The normalized spacial score (nSPS) is 16.4. The number of hydrogen-bond donors (Lipinski definition) is 0. The van der Waals surface area contributed by atoms with Crippen LogP contribution in [0.4, 0.5) is 6.01 Å². The topological polar surface area (TPSA) is 60.6 Å². The molecule has 0 spiro atoms. The van der Waals surface area contributed by atoms with E-state index in [-0.39, 0.29) is 0 Å². The van der Waals surface area contributed by atoms with E-state index in [1.807, 2.05) is 6.07 Å². The Morgan fingerprint density at radius 3 is 2.82 bits per heavy atom. The molecule has 3 rings (SSSR count). The van der Waals surface area contributed by atoms with E-state index in [9.17, 15) is 0 Å². The second kappa shape index (κ2) is 4.21. The Morgan fingerprint density at radius 2 is 2.06 bits per heavy atom. The molecule has 1 fully saturated rings. The van der Waals surface area contributed by atoms with Crippen molar-refractivity contribution in [2.75, 3.05) is 38.3 Å². The minimum Gasteiger partial charge on any atom is -0.481 e. The predicted molar refractivity (Wildman–Crippen MR) is 61.4 cm³/mol. The number of oxazole rings is 1. The zero-order valence-corrected chi connectivity index (χ0v) is 9.55. The van der Waals surface area contributed by atoms with Gasteiger partial charge in [-0.2, -0.15) is 9.97 Å². The Kier molecular flexibility index (Phi) is 2.56. The first-order valence-electron chi connectivity index (χ1n) is 5.51. The van der Waals surface area contributed by atoms with Crippen molar-refractivity contribution in [3.63, 3.8) is 0 Å². The molecule has 2 aromatic heterocycles. The van der Waals surface area contributed by atoms with Crippen LogP contribution in [0, 0.1) is 0 Å². The van der Waals surface area contributed by atoms with E-state index in [1.54, 1.807) is 13.2 Å². The van der Waals surface area contributed by atoms with Crippen LogP contribution in [0.3, 0.4) is 0 Å². The average molecular weight is 235 g/mol. The first-order valence-corrected chi connectivity index (χ1v) is 5.51. The Morgan fingerprint density at radius 1 is 1.24 bits per heavy atom. The van der Waals surface area contributed by atoms with Crippen LogP contribution in [0.1, 0.15) is 0 Å². The van der Waals surface area contributed by atoms with Crippen LogP contribution in [0.25, 0.3) is 11.2 Å². The Bertz CT molecular complexity index is 520. The highest BCUT2D eigenvalue weighted by Crippen LogP contribution is 2.23. The summed E-state index contributed by atoms with van der Waals surface area (Å²) in [5.41, 5.74) is 1.25. The molecule has 1 aliphatic heterocycles. The maximum absolute atomic E-state index is 5.65. The van der Waals surface area contributed by atoms with Crippen molar-refractivity contribution in [2.45, 2.75) is 0 Å². The highest BCUT2D eigenvalue weighted by Gasteiger charge is 2.17. The van der Waals surface area contributed by atoms with Crippen molar-refractivity contribution in [1.82, 2.24) is 9.97 Å². The van der Waals surface area contributed by atoms with Crippen molar-refractivity contribution in [3.8, 4) is 5.88 Å². The molecule has 1 aliphatic rings. The van der Waals surface area contributed by atoms with Crippen LogP contribution in [-0.4, -0.2) is 43.4 Å². The van der Waals surface area contributed by atoms with Crippen LogP contribution < -0.4 is 9.64 Å². The van der Waals surface area contributed by atoms with E-state index in [0.717, 1.165) is 13.1 Å². The lowest BCUT2D eigenvalue weighted by molar-refractivity contribution is 0.120. The average Bonchev–Trinajstić information content (AvgIpc) is 2.82. The molecule has 0 N–H and O–H groups in total. The number of hydrogen-bond acceptors (Lipinski definition) is 6. The third kappa shape index (κ3) is 1.91. The maximum Gasteiger partial charge on any atom is 0.300 e. The molecule has 3 heterocycles. The SMILES string of the molecule is COc1ccc2oc(N3CCOCC3)nc2n1. The summed E-state index contributed by atoms with van der Waals surface area (Å²) in [6.07, 6.45) is 0. The number of methoxy groups -OCH3 is 1. The summed E-state index contributed by atoms with van der Waals surface area (Å²) in [6.45, 7) is 3.00. The highest BCUT2D eigenvalue weighted by atomic mass is 16.5. The van der Waals surface area contributed by atoms with E-state index in [4.69, 9.17) is 13.9 Å². The third-order valence-electron chi connectivity index (χ3n) is 2.71. The number of rotatable bonds is 2. The van der Waals surface area contributed by atoms with Gasteiger partial charge in [-0.25, -0.2) is 0 Å². The molecular formula is C11H13N3O3. The van der Waals surface area contributed by atoms with Crippen molar-refractivity contribution in [3.05, 3.63) is 12.1 Å². The summed E-state index contributed by atoms with van der Waals surface area (Å²) in [5.74, 6) is 0.541. The fourth-order valence-corrected chi connectivity index (χ4v) is 1.79. The summed E-state index contributed by atoms with van der Waals surface area (Å²) in [5, 5.41) is 0. The fourth-order valence-electron chi connectivity index (χ4n) is 1.79. The fraction of sp³-hybridized carbons (Fsp3) is 0.455. The lowest BCUT2D eigenvalue weighted by Gasteiger charge is -2.24. The molecule has 0 bridgehead atoms. The standard InChI is InChI=1S/C11H13N3O3/c1-15-9-3-2-8-10(12-9)13-11(17-8)14-4-6-16-7-5-14/h2-3H,4-7H2,1H3. The zero-order chi connectivity index (χ0) is 11.7. The molecule has 0 radical (unpaired) electrons. The van der Waals surface area contributed by atoms with E-state index in [0.29, 0.717) is 36.3 Å². The van der Waals surface area contributed by atoms with Crippen molar-refractivity contribution in [1.29, 1.82) is 0 Å². The van der Waals surface area contributed by atoms with Crippen LogP contribution in [-0.2, 0) is 4.74 Å². The molecule has 0 atom stereocenters. The van der Waals surface area contributed by atoms with Gasteiger partial charge in [-0.3, -0.25) is 0 Å². The Balaban J connectivity index is 1.95. The molecule has 0 saturated carbocycles. The summed E-state index contributed by atoms with van der Waals surface area (Å²) in [4.78, 5) is 10.6. The van der Waals surface area contributed by atoms with Crippen LogP contribution in [0.2, 0.25) is 0 Å². The second-order valence-corrected chi connectivity index (χ2v) is 3.77. The predicted octanol–water partition coefficient (Wildman–Crippen LogP) is 1.07. The van der Waals surface area contributed by atoms with Gasteiger partial charge < -0.3 is 18.8 Å². The first kappa shape index (κ1) is 10.3. The van der Waals surface area contributed by atoms with Crippen molar-refractivity contribution < 1.29 is 13.9 Å². The minimum atomic E-state index is 0.541. The molecule has 1 saturated heterocycles. The van der Waals surface area contributed by atoms with Gasteiger partial charge in [-0.15, -0.1) is 0 Å². The van der Waals surface area contributed by atoms with Crippen molar-refractivity contribution >= 4 is 17.2 Å². The second-order valence-electron chi connectivity index (χ2n) is 3.77. The molecular weight excluding hydrogens is 222 g/mol. The summed E-state index contributed by atoms with van der Waals surface area (Å²) in [6, 6.07) is 4.18. The number of pyridine rings is 1. The van der Waals surface area contributed by atoms with E-state index >= 15 is 0 Å². The molecule has 0 amide bonds. The van der Waals surface area contributed by atoms with E-state index in [1.165, 1.54) is 0 Å². The highest BCUT2D eigenvalue weighted by molar-refractivity contribution is 5.70. The van der Waals surface area contributed by atoms with Gasteiger partial charge in [0, 0.05) is 19.2 Å². The van der Waals surface area contributed by atoms with Gasteiger partial charge in [0.05, 0.1) is 20.3 Å². The number of fused-ring (bicyclic) bond motifs is 1. The monoisotopic (exact) mass is 235 g/mol. The number of anilines is 1. The molecule has 0 aliphatic carbocycles. The quantitative estimate of drug-likeness (QED) is 0.776. The molecule has 6 nitrogen and oxygen atoms in total. The number of morpholine rings is 1. The minimum absolute atomic E-state index is 0.541. The summed E-state index contributed by atoms with van der Waals surface area (Å²) in [7, 11) is 1.58. The van der Waals surface area contributed by atoms with Gasteiger partial charge in [0.2, 0.25) is 11.5 Å². The molecule has 90 valence electrons. The summed E-state index contributed by atoms with van der Waals surface area (Å²) >= 11 is 0. The largest absolute Gasteiger partial charge is 0.481 e. The number of aromatic nitrogens is 2.